The number of aryl methyl sites for hydroxylation is 1. The number of aromatic amines is 1. The lowest BCUT2D eigenvalue weighted by atomic mass is 10.1. The Balaban J connectivity index is 2.09. The molecule has 0 unspecified atom stereocenters. The average Bonchev–Trinajstić information content (AvgIpc) is 3.04. The number of ether oxygens (including phenoxy) is 3. The topological polar surface area (TPSA) is 90.5 Å². The van der Waals surface area contributed by atoms with Gasteiger partial charge in [0.2, 0.25) is 0 Å². The molecule has 0 aliphatic carbocycles. The Labute approximate surface area is 186 Å². The number of carbonyl (C=O) groups is 1. The fourth-order valence-corrected chi connectivity index (χ4v) is 4.50. The third-order valence-corrected chi connectivity index (χ3v) is 5.96. The third kappa shape index (κ3) is 4.16. The maximum Gasteiger partial charge on any atom is 0.348 e. The standard InChI is InChI=1S/C20H18Cl2N2O5S/c1-5-29-13-8-10(6-11(21)15(13)27-3)7-12(22)17-23-18(25)14-9(2)16(20(26)28-4)30-19(14)24-17/h6-8H,5H2,1-4H3,(H,23,24,25)/b12-7-. The van der Waals surface area contributed by atoms with Crippen LogP contribution in [0.1, 0.15) is 33.5 Å². The van der Waals surface area contributed by atoms with Crippen LogP contribution in [0.5, 0.6) is 11.5 Å². The molecule has 1 aromatic carbocycles. The molecule has 3 rings (SSSR count). The molecular weight excluding hydrogens is 451 g/mol. The van der Waals surface area contributed by atoms with Crippen LogP contribution < -0.4 is 15.0 Å². The van der Waals surface area contributed by atoms with Crippen molar-refractivity contribution < 1.29 is 19.0 Å². The van der Waals surface area contributed by atoms with E-state index in [9.17, 15) is 9.59 Å². The summed E-state index contributed by atoms with van der Waals surface area (Å²) in [6.45, 7) is 3.95. The maximum atomic E-state index is 12.6. The van der Waals surface area contributed by atoms with Gasteiger partial charge in [0.05, 0.1) is 36.3 Å². The van der Waals surface area contributed by atoms with Crippen LogP contribution in [-0.4, -0.2) is 36.8 Å². The van der Waals surface area contributed by atoms with E-state index in [1.54, 1.807) is 25.1 Å². The normalized spacial score (nSPS) is 11.6. The zero-order valence-corrected chi connectivity index (χ0v) is 18.9. The summed E-state index contributed by atoms with van der Waals surface area (Å²) in [4.78, 5) is 32.3. The molecule has 0 saturated heterocycles. The van der Waals surface area contributed by atoms with Crippen molar-refractivity contribution in [3.05, 3.63) is 49.3 Å². The largest absolute Gasteiger partial charge is 0.491 e. The second-order valence-electron chi connectivity index (χ2n) is 6.10. The van der Waals surface area contributed by atoms with Crippen LogP contribution in [0.3, 0.4) is 0 Å². The van der Waals surface area contributed by atoms with Crippen LogP contribution in [-0.2, 0) is 4.74 Å². The van der Waals surface area contributed by atoms with E-state index in [-0.39, 0.29) is 10.9 Å². The first-order valence-electron chi connectivity index (χ1n) is 8.80. The number of nitrogens with zero attached hydrogens (tertiary/aromatic N) is 1. The van der Waals surface area contributed by atoms with Gasteiger partial charge in [0.15, 0.2) is 17.3 Å². The van der Waals surface area contributed by atoms with Crippen molar-refractivity contribution in [3.8, 4) is 11.5 Å². The van der Waals surface area contributed by atoms with Crippen LogP contribution >= 0.6 is 34.5 Å². The molecule has 158 valence electrons. The molecule has 0 amide bonds. The molecule has 10 heteroatoms. The minimum absolute atomic E-state index is 0.164. The van der Waals surface area contributed by atoms with E-state index in [2.05, 4.69) is 9.97 Å². The van der Waals surface area contributed by atoms with E-state index < -0.39 is 11.5 Å². The lowest BCUT2D eigenvalue weighted by Crippen LogP contribution is -2.10. The molecule has 0 radical (unpaired) electrons. The number of carbonyl (C=O) groups excluding carboxylic acids is 1. The number of H-pyrrole nitrogens is 1. The van der Waals surface area contributed by atoms with Crippen LogP contribution in [0.25, 0.3) is 21.3 Å². The number of rotatable bonds is 6. The van der Waals surface area contributed by atoms with Crippen molar-refractivity contribution in [1.82, 2.24) is 9.97 Å². The first-order chi connectivity index (χ1) is 14.3. The Morgan fingerprint density at radius 1 is 1.33 bits per heavy atom. The lowest BCUT2D eigenvalue weighted by Gasteiger charge is -2.12. The van der Waals surface area contributed by atoms with E-state index in [4.69, 9.17) is 37.4 Å². The molecule has 0 aliphatic rings. The van der Waals surface area contributed by atoms with Gasteiger partial charge in [-0.3, -0.25) is 4.79 Å². The monoisotopic (exact) mass is 468 g/mol. The second kappa shape index (κ2) is 9.07. The first kappa shape index (κ1) is 22.1. The number of methoxy groups -OCH3 is 2. The highest BCUT2D eigenvalue weighted by Crippen LogP contribution is 2.37. The summed E-state index contributed by atoms with van der Waals surface area (Å²) in [6.07, 6.45) is 1.60. The highest BCUT2D eigenvalue weighted by molar-refractivity contribution is 7.20. The molecule has 30 heavy (non-hydrogen) atoms. The summed E-state index contributed by atoms with van der Waals surface area (Å²) in [7, 11) is 2.78. The summed E-state index contributed by atoms with van der Waals surface area (Å²) in [5.41, 5.74) is 0.758. The molecule has 0 spiro atoms. The summed E-state index contributed by atoms with van der Waals surface area (Å²) < 4.78 is 15.6. The van der Waals surface area contributed by atoms with Crippen molar-refractivity contribution >= 4 is 61.8 Å². The predicted molar refractivity (Wildman–Crippen MR) is 119 cm³/mol. The number of nitrogens with one attached hydrogen (secondary N) is 1. The number of benzene rings is 1. The summed E-state index contributed by atoms with van der Waals surface area (Å²) in [5.74, 6) is 0.534. The molecule has 1 N–H and O–H groups in total. The van der Waals surface area contributed by atoms with Crippen LogP contribution in [0, 0.1) is 6.92 Å². The van der Waals surface area contributed by atoms with Gasteiger partial charge in [-0.05, 0) is 43.2 Å². The predicted octanol–water partition coefficient (Wildman–Crippen LogP) is 4.88. The van der Waals surface area contributed by atoms with Crippen molar-refractivity contribution in [2.75, 3.05) is 20.8 Å². The van der Waals surface area contributed by atoms with Gasteiger partial charge in [0.25, 0.3) is 5.56 Å². The van der Waals surface area contributed by atoms with Crippen molar-refractivity contribution in [1.29, 1.82) is 0 Å². The van der Waals surface area contributed by atoms with Crippen LogP contribution in [0.4, 0.5) is 0 Å². The highest BCUT2D eigenvalue weighted by Gasteiger charge is 2.20. The van der Waals surface area contributed by atoms with Gasteiger partial charge >= 0.3 is 5.97 Å². The van der Waals surface area contributed by atoms with Gasteiger partial charge in [0, 0.05) is 0 Å². The summed E-state index contributed by atoms with van der Waals surface area (Å²) in [5, 5.41) is 0.871. The average molecular weight is 469 g/mol. The SMILES string of the molecule is CCOc1cc(/C=C(\Cl)c2nc3sc(C(=O)OC)c(C)c3c(=O)[nH]2)cc(Cl)c1OC. The van der Waals surface area contributed by atoms with E-state index in [0.717, 1.165) is 11.3 Å². The number of halogens is 2. The molecule has 0 atom stereocenters. The van der Waals surface area contributed by atoms with E-state index in [1.165, 1.54) is 14.2 Å². The van der Waals surface area contributed by atoms with Crippen LogP contribution in [0.2, 0.25) is 5.02 Å². The summed E-state index contributed by atoms with van der Waals surface area (Å²) in [6, 6.07) is 3.38. The number of aromatic nitrogens is 2. The Morgan fingerprint density at radius 3 is 2.70 bits per heavy atom. The van der Waals surface area contributed by atoms with Gasteiger partial charge in [-0.1, -0.05) is 23.2 Å². The summed E-state index contributed by atoms with van der Waals surface area (Å²) >= 11 is 13.8. The zero-order valence-electron chi connectivity index (χ0n) is 16.6. The Bertz CT molecular complexity index is 1220. The molecule has 7 nitrogen and oxygen atoms in total. The van der Waals surface area contributed by atoms with Gasteiger partial charge in [-0.25, -0.2) is 9.78 Å². The molecule has 3 aromatic rings. The van der Waals surface area contributed by atoms with E-state index >= 15 is 0 Å². The number of hydrogen-bond acceptors (Lipinski definition) is 7. The van der Waals surface area contributed by atoms with E-state index in [1.807, 2.05) is 6.92 Å². The number of hydrogen-bond donors (Lipinski definition) is 1. The smallest absolute Gasteiger partial charge is 0.348 e. The maximum absolute atomic E-state index is 12.6. The minimum Gasteiger partial charge on any atom is -0.491 e. The van der Waals surface area contributed by atoms with Crippen molar-refractivity contribution in [3.63, 3.8) is 0 Å². The van der Waals surface area contributed by atoms with Gasteiger partial charge < -0.3 is 19.2 Å². The quantitative estimate of drug-likeness (QED) is 0.518. The second-order valence-corrected chi connectivity index (χ2v) is 7.92. The zero-order chi connectivity index (χ0) is 22.0. The Morgan fingerprint density at radius 2 is 2.07 bits per heavy atom. The fourth-order valence-electron chi connectivity index (χ4n) is 2.89. The lowest BCUT2D eigenvalue weighted by molar-refractivity contribution is 0.0605. The van der Waals surface area contributed by atoms with Crippen LogP contribution in [0.15, 0.2) is 16.9 Å². The molecule has 0 bridgehead atoms. The Kier molecular flexibility index (Phi) is 6.70. The molecule has 0 fully saturated rings. The van der Waals surface area contributed by atoms with Gasteiger partial charge in [0.1, 0.15) is 9.71 Å². The van der Waals surface area contributed by atoms with Gasteiger partial charge in [-0.2, -0.15) is 0 Å². The fraction of sp³-hybridized carbons (Fsp3) is 0.250. The molecule has 2 heterocycles. The number of thiophene rings is 1. The molecule has 2 aromatic heterocycles. The molecular formula is C20H18Cl2N2O5S. The first-order valence-corrected chi connectivity index (χ1v) is 10.4. The minimum atomic E-state index is -0.519. The van der Waals surface area contributed by atoms with E-state index in [0.29, 0.717) is 49.3 Å². The number of fused-ring (bicyclic) bond motifs is 1. The molecule has 0 saturated carbocycles. The third-order valence-electron chi connectivity index (χ3n) is 4.23. The van der Waals surface area contributed by atoms with Crippen molar-refractivity contribution in [2.45, 2.75) is 13.8 Å². The highest BCUT2D eigenvalue weighted by atomic mass is 35.5. The van der Waals surface area contributed by atoms with Crippen molar-refractivity contribution in [2.24, 2.45) is 0 Å². The molecule has 0 aliphatic heterocycles. The Hall–Kier alpha value is -2.55. The number of esters is 1. The van der Waals surface area contributed by atoms with Gasteiger partial charge in [-0.15, -0.1) is 11.3 Å².